The Kier molecular flexibility index (Phi) is 28.0. The summed E-state index contributed by atoms with van der Waals surface area (Å²) in [5.41, 5.74) is 2.60. The molecule has 0 spiro atoms. The predicted octanol–water partition coefficient (Wildman–Crippen LogP) is 11.6. The zero-order valence-corrected chi connectivity index (χ0v) is 39.5. The number of epoxide rings is 1. The van der Waals surface area contributed by atoms with Crippen molar-refractivity contribution in [2.24, 2.45) is 0 Å². The van der Waals surface area contributed by atoms with E-state index in [9.17, 15) is 19.0 Å². The fourth-order valence-corrected chi connectivity index (χ4v) is 7.49. The Hall–Kier alpha value is -2.53. The Bertz CT molecular complexity index is 1460. The van der Waals surface area contributed by atoms with Crippen molar-refractivity contribution in [3.05, 3.63) is 59.1 Å². The molecule has 3 unspecified atom stereocenters. The highest BCUT2D eigenvalue weighted by Crippen LogP contribution is 2.43. The summed E-state index contributed by atoms with van der Waals surface area (Å²) in [4.78, 5) is 35.6. The number of furan rings is 1. The van der Waals surface area contributed by atoms with Gasteiger partial charge in [-0.25, -0.2) is 4.57 Å². The lowest BCUT2D eigenvalue weighted by Crippen LogP contribution is -2.37. The van der Waals surface area contributed by atoms with E-state index in [1.54, 1.807) is 0 Å². The fraction of sp³-hybridized carbons (Fsp3) is 0.750. The Labute approximate surface area is 363 Å². The average molecular weight is 865 g/mol. The van der Waals surface area contributed by atoms with Gasteiger partial charge in [0, 0.05) is 25.7 Å². The molecule has 1 aliphatic rings. The first-order valence-corrected chi connectivity index (χ1v) is 24.7. The second-order valence-corrected chi connectivity index (χ2v) is 18.9. The molecule has 1 aromatic rings. The number of nitrogens with zero attached hydrogens (tertiary/aromatic N) is 1. The van der Waals surface area contributed by atoms with Crippen LogP contribution in [0.2, 0.25) is 0 Å². The summed E-state index contributed by atoms with van der Waals surface area (Å²) in [5, 5.41) is 0. The number of carbonyl (C=O) groups is 2. The average Bonchev–Trinajstić information content (AvgIpc) is 3.89. The molecule has 1 aliphatic heterocycles. The molecule has 4 atom stereocenters. The second kappa shape index (κ2) is 31.3. The predicted molar refractivity (Wildman–Crippen MR) is 241 cm³/mol. The van der Waals surface area contributed by atoms with E-state index in [2.05, 4.69) is 58.1 Å². The number of quaternary nitrogens is 1. The first kappa shape index (κ1) is 53.6. The van der Waals surface area contributed by atoms with Crippen molar-refractivity contribution in [2.45, 2.75) is 187 Å². The van der Waals surface area contributed by atoms with Crippen LogP contribution < -0.4 is 0 Å². The molecular formula is C48H83NO10P+. The van der Waals surface area contributed by atoms with Crippen LogP contribution in [0.5, 0.6) is 0 Å². The fourth-order valence-electron chi connectivity index (χ4n) is 6.75. The number of carbonyl (C=O) groups excluding carboxylic acids is 2. The molecule has 1 N–H and O–H groups in total. The number of unbranched alkanes of at least 4 members (excludes halogenated alkanes) is 10. The summed E-state index contributed by atoms with van der Waals surface area (Å²) in [7, 11) is 1.41. The number of aryl methyl sites for hydroxylation is 2. The third kappa shape index (κ3) is 26.7. The smallest absolute Gasteiger partial charge is 0.466 e. The standard InChI is InChI=1S/C48H82NO10P/c1-8-10-24-30-43-40(3)41(4)44(58-43)31-26-20-18-19-22-28-34-47(50)54-38-42(39-56-60(52,53)55-37-36-49(5,6)7)57-48(51)35-29-23-17-15-13-12-14-16-21-27-33-46-45(59-46)32-25-11-9-2/h12,14-15,17,21,27,42,45-46H,8-11,13,16,18-20,22-26,28-39H2,1-7H3/p+1/b14-12-,17-15-,27-21-/t42-,45?,46?/m1/s1. The molecule has 1 aromatic heterocycles. The van der Waals surface area contributed by atoms with Crippen molar-refractivity contribution < 1.29 is 51.2 Å². The van der Waals surface area contributed by atoms with Crippen LogP contribution in [0.4, 0.5) is 0 Å². The number of phosphoric acid groups is 1. The first-order chi connectivity index (χ1) is 28.7. The van der Waals surface area contributed by atoms with Gasteiger partial charge in [-0.2, -0.15) is 0 Å². The van der Waals surface area contributed by atoms with Crippen LogP contribution in [0.1, 0.15) is 165 Å². The summed E-state index contributed by atoms with van der Waals surface area (Å²) in [6.45, 7) is 8.57. The van der Waals surface area contributed by atoms with Crippen LogP contribution >= 0.6 is 7.82 Å². The van der Waals surface area contributed by atoms with Gasteiger partial charge in [-0.1, -0.05) is 108 Å². The van der Waals surface area contributed by atoms with Crippen LogP contribution in [-0.2, 0) is 50.3 Å². The Morgan fingerprint density at radius 3 is 1.97 bits per heavy atom. The van der Waals surface area contributed by atoms with Gasteiger partial charge in [0.15, 0.2) is 6.10 Å². The summed E-state index contributed by atoms with van der Waals surface area (Å²) in [6, 6.07) is 0. The van der Waals surface area contributed by atoms with Crippen LogP contribution in [0.3, 0.4) is 0 Å². The van der Waals surface area contributed by atoms with Crippen LogP contribution in [0.15, 0.2) is 40.9 Å². The third-order valence-corrected chi connectivity index (χ3v) is 11.8. The third-order valence-electron chi connectivity index (χ3n) is 10.8. The molecule has 0 bridgehead atoms. The Morgan fingerprint density at radius 2 is 1.30 bits per heavy atom. The van der Waals surface area contributed by atoms with Gasteiger partial charge in [0.2, 0.25) is 0 Å². The van der Waals surface area contributed by atoms with Crippen molar-refractivity contribution in [3.8, 4) is 0 Å². The van der Waals surface area contributed by atoms with Crippen molar-refractivity contribution in [1.29, 1.82) is 0 Å². The van der Waals surface area contributed by atoms with E-state index in [4.69, 9.17) is 27.7 Å². The minimum atomic E-state index is -4.41. The number of ether oxygens (including phenoxy) is 3. The zero-order chi connectivity index (χ0) is 44.1. The first-order valence-electron chi connectivity index (χ1n) is 23.2. The van der Waals surface area contributed by atoms with Gasteiger partial charge in [0.25, 0.3) is 0 Å². The SMILES string of the molecule is CCCCCc1oc(CCCCCCCCC(=O)OC[C@H](COP(=O)(O)OCC[N+](C)(C)C)OC(=O)CCC/C=C\C/C=C\C/C=C\CC2OC2CCCCC)c(C)c1C. The molecule has 0 radical (unpaired) electrons. The Morgan fingerprint density at radius 1 is 0.717 bits per heavy atom. The lowest BCUT2D eigenvalue weighted by molar-refractivity contribution is -0.870. The maximum Gasteiger partial charge on any atom is 0.472 e. The van der Waals surface area contributed by atoms with E-state index in [0.717, 1.165) is 75.7 Å². The quantitative estimate of drug-likeness (QED) is 0.0172. The summed E-state index contributed by atoms with van der Waals surface area (Å²) < 4.78 is 46.3. The maximum atomic E-state index is 12.7. The molecule has 344 valence electrons. The van der Waals surface area contributed by atoms with E-state index in [-0.39, 0.29) is 26.1 Å². The molecule has 0 aromatic carbocycles. The molecular weight excluding hydrogens is 781 g/mol. The molecule has 60 heavy (non-hydrogen) atoms. The number of likely N-dealkylation sites (N-methyl/N-ethyl adjacent to an activating group) is 1. The number of phosphoric ester groups is 1. The molecule has 11 nitrogen and oxygen atoms in total. The molecule has 0 amide bonds. The lowest BCUT2D eigenvalue weighted by Gasteiger charge is -2.24. The summed E-state index contributed by atoms with van der Waals surface area (Å²) in [5.74, 6) is 1.38. The van der Waals surface area contributed by atoms with Gasteiger partial charge in [0.1, 0.15) is 31.3 Å². The second-order valence-electron chi connectivity index (χ2n) is 17.4. The monoisotopic (exact) mass is 865 g/mol. The minimum Gasteiger partial charge on any atom is -0.466 e. The van der Waals surface area contributed by atoms with Gasteiger partial charge < -0.3 is 28.0 Å². The number of allylic oxidation sites excluding steroid dienone is 5. The van der Waals surface area contributed by atoms with Crippen LogP contribution in [-0.4, -0.2) is 87.1 Å². The van der Waals surface area contributed by atoms with Crippen molar-refractivity contribution in [3.63, 3.8) is 0 Å². The summed E-state index contributed by atoms with van der Waals surface area (Å²) >= 11 is 0. The van der Waals surface area contributed by atoms with Gasteiger partial charge in [0.05, 0.1) is 40.0 Å². The lowest BCUT2D eigenvalue weighted by atomic mass is 10.0. The molecule has 12 heteroatoms. The van der Waals surface area contributed by atoms with Gasteiger partial charge in [-0.05, 0) is 82.8 Å². The van der Waals surface area contributed by atoms with E-state index < -0.39 is 32.5 Å². The topological polar surface area (TPSA) is 134 Å². The highest BCUT2D eigenvalue weighted by Gasteiger charge is 2.36. The maximum absolute atomic E-state index is 12.7. The molecule has 0 aliphatic carbocycles. The van der Waals surface area contributed by atoms with E-state index in [1.807, 2.05) is 27.2 Å². The number of hydrogen-bond acceptors (Lipinski definition) is 9. The molecule has 1 fully saturated rings. The minimum absolute atomic E-state index is 0.0102. The van der Waals surface area contributed by atoms with Crippen LogP contribution in [0, 0.1) is 13.8 Å². The van der Waals surface area contributed by atoms with E-state index >= 15 is 0 Å². The van der Waals surface area contributed by atoms with E-state index in [0.29, 0.717) is 42.5 Å². The van der Waals surface area contributed by atoms with Crippen molar-refractivity contribution in [1.82, 2.24) is 0 Å². The molecule has 0 saturated carbocycles. The van der Waals surface area contributed by atoms with Crippen molar-refractivity contribution >= 4 is 19.8 Å². The number of rotatable bonds is 37. The molecule has 1 saturated heterocycles. The van der Waals surface area contributed by atoms with Gasteiger partial charge >= 0.3 is 19.8 Å². The molecule has 2 rings (SSSR count). The summed E-state index contributed by atoms with van der Waals surface area (Å²) in [6.07, 6.45) is 33.5. The highest BCUT2D eigenvalue weighted by atomic mass is 31.2. The van der Waals surface area contributed by atoms with Gasteiger partial charge in [-0.15, -0.1) is 0 Å². The molecule has 2 heterocycles. The number of esters is 2. The van der Waals surface area contributed by atoms with E-state index in [1.165, 1.54) is 56.1 Å². The van der Waals surface area contributed by atoms with Crippen molar-refractivity contribution in [2.75, 3.05) is 47.5 Å². The zero-order valence-electron chi connectivity index (χ0n) is 38.6. The van der Waals surface area contributed by atoms with Gasteiger partial charge in [-0.3, -0.25) is 18.6 Å². The Balaban J connectivity index is 1.66. The largest absolute Gasteiger partial charge is 0.472 e. The number of hydrogen-bond donors (Lipinski definition) is 1. The highest BCUT2D eigenvalue weighted by molar-refractivity contribution is 7.47. The normalized spacial score (nSPS) is 17.2. The van der Waals surface area contributed by atoms with Crippen LogP contribution in [0.25, 0.3) is 0 Å².